The zero-order chi connectivity index (χ0) is 22.7. The molecule has 1 atom stereocenters. The van der Waals surface area contributed by atoms with Crippen molar-refractivity contribution in [3.05, 3.63) is 40.6 Å². The number of aromatic nitrogens is 4. The number of likely N-dealkylation sites (tertiary alicyclic amines) is 2. The normalized spacial score (nSPS) is 22.8. The van der Waals surface area contributed by atoms with Gasteiger partial charge in [0.05, 0.1) is 29.3 Å². The van der Waals surface area contributed by atoms with Crippen molar-refractivity contribution in [3.8, 4) is 11.4 Å². The van der Waals surface area contributed by atoms with Crippen LogP contribution >= 0.6 is 0 Å². The van der Waals surface area contributed by atoms with Crippen LogP contribution in [-0.2, 0) is 20.9 Å². The van der Waals surface area contributed by atoms with Crippen LogP contribution in [0.3, 0.4) is 0 Å². The largest absolute Gasteiger partial charge is 0.456 e. The van der Waals surface area contributed by atoms with Gasteiger partial charge in [-0.2, -0.15) is 0 Å². The van der Waals surface area contributed by atoms with E-state index < -0.39 is 6.10 Å². The number of nitrogens with zero attached hydrogens (tertiary/aromatic N) is 6. The molecule has 2 saturated heterocycles. The smallest absolute Gasteiger partial charge is 0.336 e. The van der Waals surface area contributed by atoms with Gasteiger partial charge in [-0.05, 0) is 66.9 Å². The van der Waals surface area contributed by atoms with E-state index >= 15 is 0 Å². The van der Waals surface area contributed by atoms with E-state index in [4.69, 9.17) is 4.74 Å². The highest BCUT2D eigenvalue weighted by Crippen LogP contribution is 2.44. The number of benzene rings is 1. The number of carbonyl (C=O) groups is 2. The molecule has 0 bridgehead atoms. The van der Waals surface area contributed by atoms with Crippen molar-refractivity contribution in [1.29, 1.82) is 0 Å². The number of hydrogen-bond donors (Lipinski definition) is 1. The first-order valence-corrected chi connectivity index (χ1v) is 11.4. The van der Waals surface area contributed by atoms with Gasteiger partial charge in [-0.1, -0.05) is 12.1 Å². The molecule has 0 unspecified atom stereocenters. The van der Waals surface area contributed by atoms with E-state index in [0.717, 1.165) is 60.6 Å². The average molecular weight is 450 g/mol. The molecule has 1 spiro atoms. The maximum atomic E-state index is 13.3. The number of aliphatic hydroxyl groups excluding tert-OH is 1. The van der Waals surface area contributed by atoms with Gasteiger partial charge >= 0.3 is 5.97 Å². The predicted octanol–water partition coefficient (Wildman–Crippen LogP) is 0.880. The molecule has 0 saturated carbocycles. The molecule has 33 heavy (non-hydrogen) atoms. The number of piperidine rings is 1. The maximum absolute atomic E-state index is 13.3. The molecule has 1 aromatic carbocycles. The number of fused-ring (bicyclic) bond motifs is 3. The lowest BCUT2D eigenvalue weighted by Gasteiger charge is -2.38. The number of ether oxygens (including phenoxy) is 1. The third kappa shape index (κ3) is 3.19. The van der Waals surface area contributed by atoms with Gasteiger partial charge < -0.3 is 19.6 Å². The Balaban J connectivity index is 1.10. The standard InChI is InChI=1S/C23H26N6O4/c1-14-18(13-33-21(14)31)28-9-6-23(22(28)32)4-7-27(8-5-23)12-19(30)15-2-3-16-11-29-20(17(16)10-15)24-25-26-29/h2-3,10,19,30H,4-9,11-13H2,1H3/t19-/m1/s1. The summed E-state index contributed by atoms with van der Waals surface area (Å²) in [5.41, 5.74) is 3.86. The summed E-state index contributed by atoms with van der Waals surface area (Å²) in [6, 6.07) is 5.98. The van der Waals surface area contributed by atoms with E-state index in [-0.39, 0.29) is 23.9 Å². The minimum absolute atomic E-state index is 0.117. The fourth-order valence-corrected chi connectivity index (χ4v) is 5.62. The van der Waals surface area contributed by atoms with Crippen LogP contribution in [0.15, 0.2) is 29.5 Å². The van der Waals surface area contributed by atoms with Crippen LogP contribution in [0.5, 0.6) is 0 Å². The van der Waals surface area contributed by atoms with Crippen LogP contribution in [0.25, 0.3) is 11.4 Å². The van der Waals surface area contributed by atoms with Crippen LogP contribution in [-0.4, -0.2) is 79.8 Å². The van der Waals surface area contributed by atoms with E-state index in [9.17, 15) is 14.7 Å². The fourth-order valence-electron chi connectivity index (χ4n) is 5.62. The monoisotopic (exact) mass is 450 g/mol. The van der Waals surface area contributed by atoms with E-state index in [2.05, 4.69) is 20.4 Å². The van der Waals surface area contributed by atoms with Crippen molar-refractivity contribution in [2.45, 2.75) is 38.8 Å². The van der Waals surface area contributed by atoms with Crippen LogP contribution in [0.4, 0.5) is 0 Å². The number of β-amino-alcohol motifs (C(OH)–C–C–N with tert-alkyl or cyclic N) is 1. The molecule has 1 N–H and O–H groups in total. The van der Waals surface area contributed by atoms with Crippen molar-refractivity contribution in [2.75, 3.05) is 32.8 Å². The van der Waals surface area contributed by atoms with Gasteiger partial charge in [-0.15, -0.1) is 5.10 Å². The summed E-state index contributed by atoms with van der Waals surface area (Å²) < 4.78 is 6.87. The van der Waals surface area contributed by atoms with E-state index in [1.807, 2.05) is 18.2 Å². The molecular formula is C23H26N6O4. The Hall–Kier alpha value is -3.11. The third-order valence-electron chi connectivity index (χ3n) is 7.77. The number of esters is 1. The number of hydrogen-bond acceptors (Lipinski definition) is 8. The highest BCUT2D eigenvalue weighted by molar-refractivity contribution is 5.94. The topological polar surface area (TPSA) is 114 Å². The Morgan fingerprint density at radius 1 is 1.18 bits per heavy atom. The first kappa shape index (κ1) is 20.5. The van der Waals surface area contributed by atoms with Crippen molar-refractivity contribution in [3.63, 3.8) is 0 Å². The molecule has 10 heteroatoms. The summed E-state index contributed by atoms with van der Waals surface area (Å²) in [5.74, 6) is 0.528. The molecule has 6 rings (SSSR count). The number of carbonyl (C=O) groups excluding carboxylic acids is 2. The zero-order valence-electron chi connectivity index (χ0n) is 18.5. The van der Waals surface area contributed by atoms with Gasteiger partial charge in [0.2, 0.25) is 5.91 Å². The summed E-state index contributed by atoms with van der Waals surface area (Å²) in [6.45, 7) is 5.25. The van der Waals surface area contributed by atoms with Crippen LogP contribution < -0.4 is 0 Å². The number of rotatable bonds is 4. The molecule has 1 aromatic heterocycles. The summed E-state index contributed by atoms with van der Waals surface area (Å²) in [7, 11) is 0. The number of cyclic esters (lactones) is 1. The highest BCUT2D eigenvalue weighted by atomic mass is 16.5. The molecule has 1 amide bonds. The van der Waals surface area contributed by atoms with Gasteiger partial charge in [0, 0.05) is 18.7 Å². The molecule has 2 fully saturated rings. The second kappa shape index (κ2) is 7.46. The molecule has 172 valence electrons. The Kier molecular flexibility index (Phi) is 4.63. The van der Waals surface area contributed by atoms with Gasteiger partial charge in [0.1, 0.15) is 6.61 Å². The van der Waals surface area contributed by atoms with Crippen molar-refractivity contribution in [2.24, 2.45) is 5.41 Å². The number of amides is 1. The lowest BCUT2D eigenvalue weighted by molar-refractivity contribution is -0.138. The Morgan fingerprint density at radius 2 is 1.97 bits per heavy atom. The first-order chi connectivity index (χ1) is 15.9. The second-order valence-electron chi connectivity index (χ2n) is 9.53. The Labute approximate surface area is 190 Å². The molecule has 4 aliphatic heterocycles. The number of aliphatic hydroxyl groups is 1. The van der Waals surface area contributed by atoms with Crippen LogP contribution in [0.1, 0.15) is 43.4 Å². The quantitative estimate of drug-likeness (QED) is 0.583. The van der Waals surface area contributed by atoms with Gasteiger partial charge in [-0.25, -0.2) is 9.48 Å². The molecule has 10 nitrogen and oxygen atoms in total. The van der Waals surface area contributed by atoms with Crippen LogP contribution in [0.2, 0.25) is 0 Å². The molecule has 2 aromatic rings. The van der Waals surface area contributed by atoms with Gasteiger partial charge in [0.25, 0.3) is 0 Å². The molecule has 0 aliphatic carbocycles. The van der Waals surface area contributed by atoms with E-state index in [1.165, 1.54) is 0 Å². The van der Waals surface area contributed by atoms with Gasteiger partial charge in [0.15, 0.2) is 5.82 Å². The van der Waals surface area contributed by atoms with Crippen molar-refractivity contribution >= 4 is 11.9 Å². The zero-order valence-corrected chi connectivity index (χ0v) is 18.5. The fraction of sp³-hybridized carbons (Fsp3) is 0.522. The van der Waals surface area contributed by atoms with Gasteiger partial charge in [-0.3, -0.25) is 4.79 Å². The van der Waals surface area contributed by atoms with Crippen molar-refractivity contribution < 1.29 is 19.4 Å². The average Bonchev–Trinajstić information content (AvgIpc) is 3.56. The lowest BCUT2D eigenvalue weighted by Crippen LogP contribution is -2.45. The second-order valence-corrected chi connectivity index (χ2v) is 9.53. The minimum atomic E-state index is -0.625. The van der Waals surface area contributed by atoms with Crippen LogP contribution in [0, 0.1) is 5.41 Å². The predicted molar refractivity (Wildman–Crippen MR) is 115 cm³/mol. The van der Waals surface area contributed by atoms with E-state index in [1.54, 1.807) is 16.5 Å². The Bertz CT molecular complexity index is 1180. The highest BCUT2D eigenvalue weighted by Gasteiger charge is 2.50. The molecule has 0 radical (unpaired) electrons. The lowest BCUT2D eigenvalue weighted by atomic mass is 9.77. The Morgan fingerprint density at radius 3 is 2.73 bits per heavy atom. The number of tetrazole rings is 1. The molecule has 5 heterocycles. The summed E-state index contributed by atoms with van der Waals surface area (Å²) in [4.78, 5) is 29.0. The SMILES string of the molecule is CC1=C(N2CCC3(CCN(C[C@@H](O)c4ccc5c(c4)-c4nnnn4C5)CC3)C2=O)COC1=O. The summed E-state index contributed by atoms with van der Waals surface area (Å²) in [6.07, 6.45) is 1.69. The first-order valence-electron chi connectivity index (χ1n) is 11.4. The minimum Gasteiger partial charge on any atom is -0.456 e. The molecular weight excluding hydrogens is 424 g/mol. The van der Waals surface area contributed by atoms with Crippen molar-refractivity contribution in [1.82, 2.24) is 30.0 Å². The van der Waals surface area contributed by atoms with E-state index in [0.29, 0.717) is 25.2 Å². The summed E-state index contributed by atoms with van der Waals surface area (Å²) >= 11 is 0. The maximum Gasteiger partial charge on any atom is 0.336 e. The molecule has 4 aliphatic rings. The third-order valence-corrected chi connectivity index (χ3v) is 7.77. The summed E-state index contributed by atoms with van der Waals surface area (Å²) in [5, 5.41) is 22.7.